The highest BCUT2D eigenvalue weighted by molar-refractivity contribution is 7.89. The van der Waals surface area contributed by atoms with Gasteiger partial charge in [-0.3, -0.25) is 4.79 Å². The van der Waals surface area contributed by atoms with Crippen molar-refractivity contribution in [1.29, 1.82) is 0 Å². The Morgan fingerprint density at radius 2 is 1.89 bits per heavy atom. The number of carbonyl (C=O) groups excluding carboxylic acids is 1. The topological polar surface area (TPSA) is 111 Å². The summed E-state index contributed by atoms with van der Waals surface area (Å²) in [5.74, 6) is 0.356. The summed E-state index contributed by atoms with van der Waals surface area (Å²) >= 11 is 0. The molecule has 1 atom stereocenters. The van der Waals surface area contributed by atoms with E-state index in [1.54, 1.807) is 36.4 Å². The normalized spacial score (nSPS) is 12.4. The van der Waals surface area contributed by atoms with Gasteiger partial charge >= 0.3 is 0 Å². The molecule has 0 heterocycles. The van der Waals surface area contributed by atoms with E-state index < -0.39 is 10.0 Å². The summed E-state index contributed by atoms with van der Waals surface area (Å²) in [6.45, 7) is 4.35. The fourth-order valence-corrected chi connectivity index (χ4v) is 3.31. The number of hydrogen-bond acceptors (Lipinski definition) is 5. The van der Waals surface area contributed by atoms with Crippen molar-refractivity contribution in [2.75, 3.05) is 18.4 Å². The van der Waals surface area contributed by atoms with Crippen molar-refractivity contribution < 1.29 is 17.9 Å². The number of ether oxygens (including phenoxy) is 1. The number of rotatable bonds is 9. The summed E-state index contributed by atoms with van der Waals surface area (Å²) in [6.07, 6.45) is 0.990. The molecule has 1 amide bonds. The largest absolute Gasteiger partial charge is 0.491 e. The first-order valence-corrected chi connectivity index (χ1v) is 10.2. The fraction of sp³-hybridized carbons (Fsp3) is 0.316. The van der Waals surface area contributed by atoms with Gasteiger partial charge in [-0.1, -0.05) is 13.0 Å². The third-order valence-corrected chi connectivity index (χ3v) is 5.33. The molecule has 0 fully saturated rings. The van der Waals surface area contributed by atoms with Crippen LogP contribution in [0.3, 0.4) is 0 Å². The number of sulfonamides is 1. The predicted molar refractivity (Wildman–Crippen MR) is 105 cm³/mol. The SMILES string of the molecule is CCC(C)Oc1ccc(C(=O)Nc2cccc(S(=O)(=O)NCCN)c2)cc1. The highest BCUT2D eigenvalue weighted by Gasteiger charge is 2.14. The summed E-state index contributed by atoms with van der Waals surface area (Å²) in [6, 6.07) is 12.8. The number of hydrogen-bond donors (Lipinski definition) is 3. The maximum absolute atomic E-state index is 12.4. The summed E-state index contributed by atoms with van der Waals surface area (Å²) < 4.78 is 32.4. The lowest BCUT2D eigenvalue weighted by Gasteiger charge is -2.13. The number of carbonyl (C=O) groups is 1. The van der Waals surface area contributed by atoms with Crippen LogP contribution in [-0.2, 0) is 10.0 Å². The third-order valence-electron chi connectivity index (χ3n) is 3.87. The Hall–Kier alpha value is -2.42. The van der Waals surface area contributed by atoms with Gasteiger partial charge in [-0.05, 0) is 55.8 Å². The van der Waals surface area contributed by atoms with Crippen LogP contribution in [0.5, 0.6) is 5.75 Å². The van der Waals surface area contributed by atoms with E-state index in [4.69, 9.17) is 10.5 Å². The van der Waals surface area contributed by atoms with Gasteiger partial charge in [0, 0.05) is 24.3 Å². The van der Waals surface area contributed by atoms with Crippen molar-refractivity contribution in [2.45, 2.75) is 31.3 Å². The number of benzene rings is 2. The summed E-state index contributed by atoms with van der Waals surface area (Å²) in [7, 11) is -3.66. The Labute approximate surface area is 160 Å². The van der Waals surface area contributed by atoms with Gasteiger partial charge in [0.05, 0.1) is 11.0 Å². The molecule has 0 aliphatic rings. The molecule has 2 aromatic carbocycles. The molecule has 27 heavy (non-hydrogen) atoms. The Morgan fingerprint density at radius 1 is 1.19 bits per heavy atom. The lowest BCUT2D eigenvalue weighted by molar-refractivity contribution is 0.102. The molecule has 0 radical (unpaired) electrons. The van der Waals surface area contributed by atoms with Crippen LogP contribution in [0.25, 0.3) is 0 Å². The van der Waals surface area contributed by atoms with E-state index in [-0.39, 0.29) is 30.0 Å². The van der Waals surface area contributed by atoms with Crippen LogP contribution < -0.4 is 20.5 Å². The number of amides is 1. The van der Waals surface area contributed by atoms with Crippen LogP contribution >= 0.6 is 0 Å². The standard InChI is InChI=1S/C19H25N3O4S/c1-3-14(2)26-17-9-7-15(8-10-17)19(23)22-16-5-4-6-18(13-16)27(24,25)21-12-11-20/h4-10,13-14,21H,3,11-12,20H2,1-2H3,(H,22,23). The maximum atomic E-state index is 12.4. The van der Waals surface area contributed by atoms with Gasteiger partial charge in [-0.15, -0.1) is 0 Å². The Bertz CT molecular complexity index is 867. The number of anilines is 1. The van der Waals surface area contributed by atoms with Crippen LogP contribution in [0.1, 0.15) is 30.6 Å². The van der Waals surface area contributed by atoms with Crippen molar-refractivity contribution in [2.24, 2.45) is 5.73 Å². The van der Waals surface area contributed by atoms with E-state index in [9.17, 15) is 13.2 Å². The second-order valence-electron chi connectivity index (χ2n) is 6.03. The second kappa shape index (κ2) is 9.50. The van der Waals surface area contributed by atoms with Crippen LogP contribution in [0.2, 0.25) is 0 Å². The molecule has 7 nitrogen and oxygen atoms in total. The van der Waals surface area contributed by atoms with Crippen molar-refractivity contribution in [3.8, 4) is 5.75 Å². The van der Waals surface area contributed by atoms with Gasteiger partial charge in [0.2, 0.25) is 10.0 Å². The van der Waals surface area contributed by atoms with Gasteiger partial charge in [0.1, 0.15) is 5.75 Å². The van der Waals surface area contributed by atoms with Gasteiger partial charge in [0.15, 0.2) is 0 Å². The molecule has 2 aromatic rings. The highest BCUT2D eigenvalue weighted by atomic mass is 32.2. The first-order chi connectivity index (χ1) is 12.9. The molecule has 8 heteroatoms. The molecule has 146 valence electrons. The average Bonchev–Trinajstić information content (AvgIpc) is 2.67. The molecular weight excluding hydrogens is 366 g/mol. The lowest BCUT2D eigenvalue weighted by atomic mass is 10.2. The van der Waals surface area contributed by atoms with Crippen LogP contribution in [0.4, 0.5) is 5.69 Å². The van der Waals surface area contributed by atoms with Crippen molar-refractivity contribution in [1.82, 2.24) is 4.72 Å². The van der Waals surface area contributed by atoms with Crippen LogP contribution in [0.15, 0.2) is 53.4 Å². The molecule has 0 saturated carbocycles. The molecule has 0 aliphatic carbocycles. The molecule has 0 bridgehead atoms. The molecule has 0 saturated heterocycles. The lowest BCUT2D eigenvalue weighted by Crippen LogP contribution is -2.29. The fourth-order valence-electron chi connectivity index (χ4n) is 2.22. The first-order valence-electron chi connectivity index (χ1n) is 8.73. The minimum Gasteiger partial charge on any atom is -0.491 e. The maximum Gasteiger partial charge on any atom is 0.255 e. The van der Waals surface area contributed by atoms with Crippen molar-refractivity contribution >= 4 is 21.6 Å². The molecule has 4 N–H and O–H groups in total. The Balaban J connectivity index is 2.08. The van der Waals surface area contributed by atoms with E-state index in [0.29, 0.717) is 17.0 Å². The number of nitrogens with one attached hydrogen (secondary N) is 2. The van der Waals surface area contributed by atoms with E-state index in [0.717, 1.165) is 6.42 Å². The Morgan fingerprint density at radius 3 is 2.52 bits per heavy atom. The minimum absolute atomic E-state index is 0.0612. The minimum atomic E-state index is -3.66. The van der Waals surface area contributed by atoms with Gasteiger partial charge < -0.3 is 15.8 Å². The molecule has 0 aliphatic heterocycles. The van der Waals surface area contributed by atoms with Crippen molar-refractivity contribution in [3.63, 3.8) is 0 Å². The predicted octanol–water partition coefficient (Wildman–Crippen LogP) is 2.35. The zero-order chi connectivity index (χ0) is 19.9. The van der Waals surface area contributed by atoms with Crippen LogP contribution in [-0.4, -0.2) is 33.5 Å². The zero-order valence-electron chi connectivity index (χ0n) is 15.4. The molecule has 1 unspecified atom stereocenters. The van der Waals surface area contributed by atoms with E-state index in [1.807, 2.05) is 13.8 Å². The average molecular weight is 391 g/mol. The monoisotopic (exact) mass is 391 g/mol. The number of nitrogens with two attached hydrogens (primary N) is 1. The molecule has 0 spiro atoms. The van der Waals surface area contributed by atoms with Gasteiger partial charge in [-0.25, -0.2) is 13.1 Å². The smallest absolute Gasteiger partial charge is 0.255 e. The molecular formula is C19H25N3O4S. The van der Waals surface area contributed by atoms with Gasteiger partial charge in [-0.2, -0.15) is 0 Å². The first kappa shape index (κ1) is 20.9. The summed E-state index contributed by atoms with van der Waals surface area (Å²) in [5, 5.41) is 2.70. The van der Waals surface area contributed by atoms with E-state index in [2.05, 4.69) is 10.0 Å². The Kier molecular flexibility index (Phi) is 7.35. The zero-order valence-corrected chi connectivity index (χ0v) is 16.3. The van der Waals surface area contributed by atoms with Crippen LogP contribution in [0, 0.1) is 0 Å². The third kappa shape index (κ3) is 6.06. The molecule has 0 aromatic heterocycles. The van der Waals surface area contributed by atoms with Crippen molar-refractivity contribution in [3.05, 3.63) is 54.1 Å². The van der Waals surface area contributed by atoms with E-state index >= 15 is 0 Å². The summed E-state index contributed by atoms with van der Waals surface area (Å²) in [5.41, 5.74) is 6.16. The van der Waals surface area contributed by atoms with Gasteiger partial charge in [0.25, 0.3) is 5.91 Å². The van der Waals surface area contributed by atoms with E-state index in [1.165, 1.54) is 12.1 Å². The highest BCUT2D eigenvalue weighted by Crippen LogP contribution is 2.18. The summed E-state index contributed by atoms with van der Waals surface area (Å²) in [4.78, 5) is 12.5. The molecule has 2 rings (SSSR count). The second-order valence-corrected chi connectivity index (χ2v) is 7.80. The quantitative estimate of drug-likeness (QED) is 0.608.